The molecule has 1 aromatic carbocycles. The molecule has 1 saturated heterocycles. The van der Waals surface area contributed by atoms with Gasteiger partial charge >= 0.3 is 0 Å². The number of nitrogens with zero attached hydrogens (tertiary/aromatic N) is 3. The third kappa shape index (κ3) is 4.28. The Morgan fingerprint density at radius 1 is 0.871 bits per heavy atom. The lowest BCUT2D eigenvalue weighted by Gasteiger charge is -2.35. The maximum absolute atomic E-state index is 13.5. The Hall–Kier alpha value is -2.19. The van der Waals surface area contributed by atoms with Gasteiger partial charge in [0.25, 0.3) is 0 Å². The van der Waals surface area contributed by atoms with E-state index in [2.05, 4.69) is 5.16 Å². The minimum absolute atomic E-state index is 0.0337. The van der Waals surface area contributed by atoms with Crippen molar-refractivity contribution in [1.82, 2.24) is 14.4 Å². The molecule has 0 spiro atoms. The van der Waals surface area contributed by atoms with Gasteiger partial charge in [0.2, 0.25) is 15.9 Å². The third-order valence-electron chi connectivity index (χ3n) is 6.89. The van der Waals surface area contributed by atoms with E-state index in [1.807, 2.05) is 48.5 Å². The van der Waals surface area contributed by atoms with Gasteiger partial charge in [-0.2, -0.15) is 4.31 Å². The average molecular weight is 448 g/mol. The monoisotopic (exact) mass is 447 g/mol. The summed E-state index contributed by atoms with van der Waals surface area (Å²) in [5.41, 5.74) is 6.62. The number of hydrogen-bond acceptors (Lipinski definition) is 5. The molecule has 2 aromatic rings. The highest BCUT2D eigenvalue weighted by atomic mass is 32.2. The normalized spacial score (nSPS) is 15.5. The summed E-state index contributed by atoms with van der Waals surface area (Å²) in [5.74, 6) is 0.780. The molecule has 0 unspecified atom stereocenters. The number of benzene rings is 1. The molecular formula is C23H33N3O4S. The number of carbonyl (C=O) groups is 1. The van der Waals surface area contributed by atoms with Gasteiger partial charge in [-0.15, -0.1) is 0 Å². The Bertz CT molecular complexity index is 1060. The highest BCUT2D eigenvalue weighted by molar-refractivity contribution is 7.89. The number of piperazine rings is 1. The topological polar surface area (TPSA) is 83.7 Å². The van der Waals surface area contributed by atoms with Crippen LogP contribution in [0, 0.1) is 48.5 Å². The van der Waals surface area contributed by atoms with Crippen LogP contribution >= 0.6 is 0 Å². The molecule has 0 saturated carbocycles. The Morgan fingerprint density at radius 3 is 1.87 bits per heavy atom. The fraction of sp³-hybridized carbons (Fsp3) is 0.565. The highest BCUT2D eigenvalue weighted by Crippen LogP contribution is 2.32. The Kier molecular flexibility index (Phi) is 6.62. The van der Waals surface area contributed by atoms with Crippen molar-refractivity contribution in [1.29, 1.82) is 0 Å². The minimum atomic E-state index is -3.62. The number of amides is 1. The van der Waals surface area contributed by atoms with Crippen LogP contribution in [0.2, 0.25) is 0 Å². The van der Waals surface area contributed by atoms with Crippen LogP contribution in [0.5, 0.6) is 0 Å². The molecule has 0 aliphatic carbocycles. The van der Waals surface area contributed by atoms with Crippen molar-refractivity contribution in [3.05, 3.63) is 44.8 Å². The number of aromatic nitrogens is 1. The molecule has 1 fully saturated rings. The van der Waals surface area contributed by atoms with Crippen LogP contribution in [-0.4, -0.2) is 54.9 Å². The predicted molar refractivity (Wildman–Crippen MR) is 120 cm³/mol. The first kappa shape index (κ1) is 23.5. The molecule has 1 aliphatic heterocycles. The molecule has 2 heterocycles. The van der Waals surface area contributed by atoms with Crippen molar-refractivity contribution in [2.45, 2.75) is 66.2 Å². The summed E-state index contributed by atoms with van der Waals surface area (Å²) < 4.78 is 33.6. The first-order chi connectivity index (χ1) is 14.5. The molecule has 8 heteroatoms. The first-order valence-electron chi connectivity index (χ1n) is 10.7. The predicted octanol–water partition coefficient (Wildman–Crippen LogP) is 3.30. The van der Waals surface area contributed by atoms with Crippen molar-refractivity contribution in [3.63, 3.8) is 0 Å². The molecule has 0 radical (unpaired) electrons. The molecule has 1 aromatic heterocycles. The molecule has 1 amide bonds. The molecule has 170 valence electrons. The summed E-state index contributed by atoms with van der Waals surface area (Å²) in [5, 5.41) is 3.93. The van der Waals surface area contributed by atoms with Gasteiger partial charge in [-0.05, 0) is 82.7 Å². The van der Waals surface area contributed by atoms with E-state index in [9.17, 15) is 13.2 Å². The van der Waals surface area contributed by atoms with Crippen LogP contribution in [0.1, 0.15) is 51.3 Å². The zero-order chi connectivity index (χ0) is 23.1. The van der Waals surface area contributed by atoms with Crippen LogP contribution in [0.3, 0.4) is 0 Å². The largest absolute Gasteiger partial charge is 0.361 e. The second-order valence-corrected chi connectivity index (χ2v) is 10.4. The summed E-state index contributed by atoms with van der Waals surface area (Å²) in [6.45, 7) is 14.9. The quantitative estimate of drug-likeness (QED) is 0.702. The molecule has 0 N–H and O–H groups in total. The van der Waals surface area contributed by atoms with Gasteiger partial charge in [0, 0.05) is 38.2 Å². The maximum Gasteiger partial charge on any atom is 0.243 e. The van der Waals surface area contributed by atoms with Crippen molar-refractivity contribution in [2.24, 2.45) is 0 Å². The van der Waals surface area contributed by atoms with Gasteiger partial charge in [0.15, 0.2) is 0 Å². The van der Waals surface area contributed by atoms with Crippen molar-refractivity contribution < 1.29 is 17.7 Å². The van der Waals surface area contributed by atoms with E-state index in [0.29, 0.717) is 43.9 Å². The van der Waals surface area contributed by atoms with Gasteiger partial charge in [-0.1, -0.05) is 5.16 Å². The second kappa shape index (κ2) is 8.74. The molecular weight excluding hydrogens is 414 g/mol. The molecule has 3 rings (SSSR count). The Balaban J connectivity index is 1.70. The standard InChI is InChI=1S/C23H33N3O4S/c1-14-15(2)17(4)23(18(5)16(14)3)31(28,29)26-12-10-25(11-13-26)22(27)9-8-21-19(6)24-30-20(21)7/h8-13H2,1-7H3. The number of aryl methyl sites for hydroxylation is 2. The van der Waals surface area contributed by atoms with E-state index in [1.54, 1.807) is 4.90 Å². The van der Waals surface area contributed by atoms with E-state index < -0.39 is 10.0 Å². The fourth-order valence-electron chi connectivity index (χ4n) is 4.41. The van der Waals surface area contributed by atoms with Crippen LogP contribution in [0.15, 0.2) is 9.42 Å². The van der Waals surface area contributed by atoms with E-state index in [0.717, 1.165) is 44.8 Å². The third-order valence-corrected chi connectivity index (χ3v) is 9.06. The number of carbonyl (C=O) groups excluding carboxylic acids is 1. The molecule has 31 heavy (non-hydrogen) atoms. The van der Waals surface area contributed by atoms with E-state index in [1.165, 1.54) is 4.31 Å². The van der Waals surface area contributed by atoms with Gasteiger partial charge in [0.05, 0.1) is 10.6 Å². The van der Waals surface area contributed by atoms with E-state index in [4.69, 9.17) is 4.52 Å². The molecule has 1 aliphatic rings. The van der Waals surface area contributed by atoms with Crippen LogP contribution in [0.25, 0.3) is 0 Å². The summed E-state index contributed by atoms with van der Waals surface area (Å²) in [4.78, 5) is 14.9. The fourth-order valence-corrected chi connectivity index (χ4v) is 6.39. The summed E-state index contributed by atoms with van der Waals surface area (Å²) in [7, 11) is -3.62. The average Bonchev–Trinajstić information content (AvgIpc) is 3.06. The maximum atomic E-state index is 13.5. The van der Waals surface area contributed by atoms with Crippen molar-refractivity contribution >= 4 is 15.9 Å². The second-order valence-electron chi connectivity index (χ2n) is 8.54. The smallest absolute Gasteiger partial charge is 0.243 e. The minimum Gasteiger partial charge on any atom is -0.361 e. The molecule has 7 nitrogen and oxygen atoms in total. The number of sulfonamides is 1. The van der Waals surface area contributed by atoms with Gasteiger partial charge in [-0.25, -0.2) is 8.42 Å². The highest BCUT2D eigenvalue weighted by Gasteiger charge is 2.33. The van der Waals surface area contributed by atoms with Crippen LogP contribution in [-0.2, 0) is 21.2 Å². The SMILES string of the molecule is Cc1noc(C)c1CCC(=O)N1CCN(S(=O)(=O)c2c(C)c(C)c(C)c(C)c2C)CC1. The lowest BCUT2D eigenvalue weighted by molar-refractivity contribution is -0.132. The lowest BCUT2D eigenvalue weighted by Crippen LogP contribution is -2.50. The van der Waals surface area contributed by atoms with Crippen molar-refractivity contribution in [2.75, 3.05) is 26.2 Å². The number of hydrogen-bond donors (Lipinski definition) is 0. The van der Waals surface area contributed by atoms with E-state index in [-0.39, 0.29) is 5.91 Å². The van der Waals surface area contributed by atoms with Crippen LogP contribution < -0.4 is 0 Å². The number of rotatable bonds is 5. The Labute approximate surface area is 185 Å². The van der Waals surface area contributed by atoms with Gasteiger partial charge in [-0.3, -0.25) is 4.79 Å². The van der Waals surface area contributed by atoms with E-state index >= 15 is 0 Å². The zero-order valence-corrected chi connectivity index (χ0v) is 20.4. The molecule has 0 atom stereocenters. The Morgan fingerprint density at radius 2 is 1.39 bits per heavy atom. The van der Waals surface area contributed by atoms with Crippen molar-refractivity contribution in [3.8, 4) is 0 Å². The lowest BCUT2D eigenvalue weighted by atomic mass is 9.95. The zero-order valence-electron chi connectivity index (χ0n) is 19.6. The summed E-state index contributed by atoms with van der Waals surface area (Å²) in [6.07, 6.45) is 0.947. The van der Waals surface area contributed by atoms with Crippen LogP contribution in [0.4, 0.5) is 0 Å². The van der Waals surface area contributed by atoms with Gasteiger partial charge in [0.1, 0.15) is 5.76 Å². The molecule has 0 bridgehead atoms. The summed E-state index contributed by atoms with van der Waals surface area (Å²) >= 11 is 0. The summed E-state index contributed by atoms with van der Waals surface area (Å²) in [6, 6.07) is 0. The van der Waals surface area contributed by atoms with Gasteiger partial charge < -0.3 is 9.42 Å². The first-order valence-corrected chi connectivity index (χ1v) is 12.2.